The molecule has 0 saturated heterocycles. The molecule has 1 N–H and O–H groups in total. The Kier molecular flexibility index (Phi) is 2.89. The summed E-state index contributed by atoms with van der Waals surface area (Å²) in [5.74, 6) is 0.928. The third-order valence-electron chi connectivity index (χ3n) is 2.31. The van der Waals surface area contributed by atoms with Gasteiger partial charge in [0.15, 0.2) is 0 Å². The Morgan fingerprint density at radius 3 is 2.87 bits per heavy atom. The van der Waals surface area contributed by atoms with Crippen molar-refractivity contribution in [1.29, 1.82) is 0 Å². The number of nitrogens with one attached hydrogen (secondary N) is 1. The Labute approximate surface area is 102 Å². The standard InChI is InChI=1S/C11H11BrN2S/c1-3-9-13-10-7(11(15)14-9)4-6(2)5-8(10)12/h4-5H,3H2,1-2H3,(H,13,14,15). The fourth-order valence-corrected chi connectivity index (χ4v) is 2.51. The Bertz CT molecular complexity index is 575. The van der Waals surface area contributed by atoms with Gasteiger partial charge < -0.3 is 4.98 Å². The molecule has 0 atom stereocenters. The molecule has 78 valence electrons. The van der Waals surface area contributed by atoms with E-state index in [9.17, 15) is 0 Å². The second-order valence-electron chi connectivity index (χ2n) is 3.51. The minimum absolute atomic E-state index is 0.671. The van der Waals surface area contributed by atoms with Crippen LogP contribution in [0.2, 0.25) is 0 Å². The van der Waals surface area contributed by atoms with E-state index in [0.29, 0.717) is 4.64 Å². The summed E-state index contributed by atoms with van der Waals surface area (Å²) in [7, 11) is 0. The van der Waals surface area contributed by atoms with E-state index in [2.05, 4.69) is 45.0 Å². The predicted octanol–water partition coefficient (Wildman–Crippen LogP) is 3.93. The summed E-state index contributed by atoms with van der Waals surface area (Å²) in [6.45, 7) is 4.11. The molecule has 0 fully saturated rings. The zero-order valence-electron chi connectivity index (χ0n) is 8.60. The lowest BCUT2D eigenvalue weighted by Crippen LogP contribution is -1.95. The second-order valence-corrected chi connectivity index (χ2v) is 4.75. The first-order valence-electron chi connectivity index (χ1n) is 4.81. The number of nitrogens with zero attached hydrogens (tertiary/aromatic N) is 1. The Morgan fingerprint density at radius 2 is 2.20 bits per heavy atom. The van der Waals surface area contributed by atoms with Crippen molar-refractivity contribution in [3.05, 3.63) is 32.6 Å². The quantitative estimate of drug-likeness (QED) is 0.803. The van der Waals surface area contributed by atoms with Gasteiger partial charge in [0, 0.05) is 16.3 Å². The molecule has 0 amide bonds. The fraction of sp³-hybridized carbons (Fsp3) is 0.273. The van der Waals surface area contributed by atoms with Crippen molar-refractivity contribution in [2.24, 2.45) is 0 Å². The molecule has 4 heteroatoms. The summed E-state index contributed by atoms with van der Waals surface area (Å²) in [4.78, 5) is 7.63. The van der Waals surface area contributed by atoms with Gasteiger partial charge in [0.2, 0.25) is 0 Å². The highest BCUT2D eigenvalue weighted by molar-refractivity contribution is 9.10. The number of fused-ring (bicyclic) bond motifs is 1. The molecule has 0 saturated carbocycles. The molecule has 1 heterocycles. The first-order chi connectivity index (χ1) is 7.11. The van der Waals surface area contributed by atoms with Crippen LogP contribution >= 0.6 is 28.1 Å². The van der Waals surface area contributed by atoms with E-state index in [0.717, 1.165) is 27.6 Å². The predicted molar refractivity (Wildman–Crippen MR) is 68.7 cm³/mol. The molecular formula is C11H11BrN2S. The largest absolute Gasteiger partial charge is 0.342 e. The van der Waals surface area contributed by atoms with Gasteiger partial charge >= 0.3 is 0 Å². The smallest absolute Gasteiger partial charge is 0.137 e. The van der Waals surface area contributed by atoms with E-state index in [1.807, 2.05) is 6.92 Å². The molecule has 0 bridgehead atoms. The molecule has 1 aromatic heterocycles. The van der Waals surface area contributed by atoms with E-state index in [4.69, 9.17) is 12.2 Å². The molecular weight excluding hydrogens is 272 g/mol. The van der Waals surface area contributed by atoms with Crippen LogP contribution in [0.3, 0.4) is 0 Å². The number of aryl methyl sites for hydroxylation is 2. The van der Waals surface area contributed by atoms with Crippen LogP contribution in [0.25, 0.3) is 10.9 Å². The number of hydrogen-bond donors (Lipinski definition) is 1. The van der Waals surface area contributed by atoms with Crippen molar-refractivity contribution in [3.63, 3.8) is 0 Å². The average molecular weight is 283 g/mol. The van der Waals surface area contributed by atoms with Gasteiger partial charge in [0.1, 0.15) is 10.5 Å². The maximum absolute atomic E-state index is 5.27. The molecule has 0 radical (unpaired) electrons. The number of aromatic nitrogens is 2. The maximum atomic E-state index is 5.27. The van der Waals surface area contributed by atoms with Crippen LogP contribution in [-0.4, -0.2) is 9.97 Å². The summed E-state index contributed by atoms with van der Waals surface area (Å²) in [6.07, 6.45) is 0.861. The number of benzene rings is 1. The summed E-state index contributed by atoms with van der Waals surface area (Å²) in [5.41, 5.74) is 2.22. The van der Waals surface area contributed by atoms with Crippen LogP contribution in [0.1, 0.15) is 18.3 Å². The minimum Gasteiger partial charge on any atom is -0.342 e. The normalized spacial score (nSPS) is 10.9. The van der Waals surface area contributed by atoms with Crippen LogP contribution in [-0.2, 0) is 6.42 Å². The van der Waals surface area contributed by atoms with Crippen LogP contribution in [0, 0.1) is 11.6 Å². The highest BCUT2D eigenvalue weighted by atomic mass is 79.9. The van der Waals surface area contributed by atoms with Crippen LogP contribution in [0.4, 0.5) is 0 Å². The third kappa shape index (κ3) is 1.96. The molecule has 1 aromatic carbocycles. The number of H-pyrrole nitrogens is 1. The maximum Gasteiger partial charge on any atom is 0.137 e. The molecule has 2 nitrogen and oxygen atoms in total. The summed E-state index contributed by atoms with van der Waals surface area (Å²) >= 11 is 8.81. The van der Waals surface area contributed by atoms with Gasteiger partial charge in [-0.25, -0.2) is 4.98 Å². The first-order valence-corrected chi connectivity index (χ1v) is 6.01. The van der Waals surface area contributed by atoms with E-state index in [1.54, 1.807) is 0 Å². The van der Waals surface area contributed by atoms with Crippen molar-refractivity contribution in [3.8, 4) is 0 Å². The lowest BCUT2D eigenvalue weighted by atomic mass is 10.2. The van der Waals surface area contributed by atoms with Crippen molar-refractivity contribution < 1.29 is 0 Å². The van der Waals surface area contributed by atoms with Gasteiger partial charge in [-0.05, 0) is 40.5 Å². The lowest BCUT2D eigenvalue weighted by Gasteiger charge is -2.05. The number of hydrogen-bond acceptors (Lipinski definition) is 2. The van der Waals surface area contributed by atoms with Crippen molar-refractivity contribution >= 4 is 39.1 Å². The van der Waals surface area contributed by atoms with Crippen LogP contribution in [0.5, 0.6) is 0 Å². The highest BCUT2D eigenvalue weighted by Crippen LogP contribution is 2.24. The van der Waals surface area contributed by atoms with Gasteiger partial charge in [-0.2, -0.15) is 0 Å². The lowest BCUT2D eigenvalue weighted by molar-refractivity contribution is 0.954. The Morgan fingerprint density at radius 1 is 1.47 bits per heavy atom. The summed E-state index contributed by atoms with van der Waals surface area (Å²) in [6, 6.07) is 4.14. The number of halogens is 1. The minimum atomic E-state index is 0.671. The van der Waals surface area contributed by atoms with Gasteiger partial charge in [0.25, 0.3) is 0 Å². The van der Waals surface area contributed by atoms with E-state index in [1.165, 1.54) is 5.56 Å². The molecule has 2 aromatic rings. The average Bonchev–Trinajstić information content (AvgIpc) is 2.19. The Hall–Kier alpha value is -0.740. The van der Waals surface area contributed by atoms with Crippen molar-refractivity contribution in [1.82, 2.24) is 9.97 Å². The van der Waals surface area contributed by atoms with Crippen molar-refractivity contribution in [2.45, 2.75) is 20.3 Å². The number of rotatable bonds is 1. The van der Waals surface area contributed by atoms with Gasteiger partial charge in [-0.3, -0.25) is 0 Å². The Balaban J connectivity index is 2.91. The molecule has 0 aliphatic carbocycles. The molecule has 0 aliphatic heterocycles. The van der Waals surface area contributed by atoms with Crippen molar-refractivity contribution in [2.75, 3.05) is 0 Å². The van der Waals surface area contributed by atoms with Gasteiger partial charge in [-0.1, -0.05) is 19.1 Å². The first kappa shape index (κ1) is 10.8. The van der Waals surface area contributed by atoms with E-state index in [-0.39, 0.29) is 0 Å². The topological polar surface area (TPSA) is 28.7 Å². The van der Waals surface area contributed by atoms with Gasteiger partial charge in [-0.15, -0.1) is 0 Å². The second kappa shape index (κ2) is 4.02. The zero-order valence-corrected chi connectivity index (χ0v) is 11.0. The molecule has 0 unspecified atom stereocenters. The van der Waals surface area contributed by atoms with E-state index < -0.39 is 0 Å². The van der Waals surface area contributed by atoms with Crippen LogP contribution < -0.4 is 0 Å². The summed E-state index contributed by atoms with van der Waals surface area (Å²) in [5, 5.41) is 1.01. The third-order valence-corrected chi connectivity index (χ3v) is 3.24. The molecule has 0 aliphatic rings. The van der Waals surface area contributed by atoms with E-state index >= 15 is 0 Å². The molecule has 0 spiro atoms. The number of aromatic amines is 1. The molecule has 2 rings (SSSR count). The monoisotopic (exact) mass is 282 g/mol. The SMILES string of the molecule is CCc1nc(=S)c2cc(C)cc(Br)c2[nH]1. The van der Waals surface area contributed by atoms with Gasteiger partial charge in [0.05, 0.1) is 5.52 Å². The summed E-state index contributed by atoms with van der Waals surface area (Å²) < 4.78 is 1.71. The zero-order chi connectivity index (χ0) is 11.0. The fourth-order valence-electron chi connectivity index (χ4n) is 1.56. The molecule has 15 heavy (non-hydrogen) atoms. The van der Waals surface area contributed by atoms with Crippen LogP contribution in [0.15, 0.2) is 16.6 Å². The highest BCUT2D eigenvalue weighted by Gasteiger charge is 2.04.